The third-order valence-corrected chi connectivity index (χ3v) is 5.45. The highest BCUT2D eigenvalue weighted by Crippen LogP contribution is 2.38. The maximum absolute atomic E-state index is 11.9. The normalized spacial score (nSPS) is 15.6. The lowest BCUT2D eigenvalue weighted by Crippen LogP contribution is -2.31. The topological polar surface area (TPSA) is 49.4 Å². The van der Waals surface area contributed by atoms with Gasteiger partial charge < -0.3 is 5.32 Å². The molecule has 1 aromatic carbocycles. The third kappa shape index (κ3) is 4.36. The second kappa shape index (κ2) is 7.05. The Morgan fingerprint density at radius 1 is 1.17 bits per heavy atom. The molecule has 1 aliphatic rings. The van der Waals surface area contributed by atoms with Crippen LogP contribution in [-0.2, 0) is 16.1 Å². The molecule has 1 saturated heterocycles. The first kappa shape index (κ1) is 18.0. The van der Waals surface area contributed by atoms with E-state index in [-0.39, 0.29) is 16.6 Å². The average molecular weight is 334 g/mol. The van der Waals surface area contributed by atoms with E-state index in [9.17, 15) is 9.59 Å². The Balaban J connectivity index is 2.34. The standard InChI is InChI=1S/C18H26N2O2S/c1-12-8-13(2)17(23-18(3,4)11-19-5)14(9-12)10-20-15(21)6-7-16(20)22/h8-9,19H,6-7,10-11H2,1-5H3. The van der Waals surface area contributed by atoms with Crippen LogP contribution in [0.5, 0.6) is 0 Å². The van der Waals surface area contributed by atoms with E-state index in [0.29, 0.717) is 19.4 Å². The van der Waals surface area contributed by atoms with Crippen LogP contribution in [0.3, 0.4) is 0 Å². The van der Waals surface area contributed by atoms with Gasteiger partial charge >= 0.3 is 0 Å². The van der Waals surface area contributed by atoms with Crippen LogP contribution in [0.15, 0.2) is 17.0 Å². The van der Waals surface area contributed by atoms with Crippen molar-refractivity contribution in [1.82, 2.24) is 10.2 Å². The number of rotatable bonds is 6. The van der Waals surface area contributed by atoms with Crippen molar-refractivity contribution in [1.29, 1.82) is 0 Å². The zero-order chi connectivity index (χ0) is 17.2. The number of amides is 2. The van der Waals surface area contributed by atoms with E-state index in [4.69, 9.17) is 0 Å². The van der Waals surface area contributed by atoms with Crippen LogP contribution in [0.1, 0.15) is 43.4 Å². The van der Waals surface area contributed by atoms with Crippen molar-refractivity contribution >= 4 is 23.6 Å². The molecule has 0 bridgehead atoms. The van der Waals surface area contributed by atoms with Crippen LogP contribution < -0.4 is 5.32 Å². The van der Waals surface area contributed by atoms with Crippen molar-refractivity contribution in [2.45, 2.75) is 56.7 Å². The van der Waals surface area contributed by atoms with E-state index in [1.165, 1.54) is 15.4 Å². The SMILES string of the molecule is CNCC(C)(C)Sc1c(C)cc(C)cc1CN1C(=O)CCC1=O. The molecule has 0 radical (unpaired) electrons. The van der Waals surface area contributed by atoms with Gasteiger partial charge in [0, 0.05) is 29.0 Å². The van der Waals surface area contributed by atoms with Crippen molar-refractivity contribution < 1.29 is 9.59 Å². The fraction of sp³-hybridized carbons (Fsp3) is 0.556. The van der Waals surface area contributed by atoms with Crippen molar-refractivity contribution in [3.63, 3.8) is 0 Å². The highest BCUT2D eigenvalue weighted by molar-refractivity contribution is 8.00. The lowest BCUT2D eigenvalue weighted by Gasteiger charge is -2.27. The summed E-state index contributed by atoms with van der Waals surface area (Å²) in [5, 5.41) is 3.23. The van der Waals surface area contributed by atoms with Gasteiger partial charge in [-0.2, -0.15) is 0 Å². The van der Waals surface area contributed by atoms with Gasteiger partial charge in [-0.3, -0.25) is 14.5 Å². The second-order valence-corrected chi connectivity index (χ2v) is 8.55. The van der Waals surface area contributed by atoms with Crippen LogP contribution in [-0.4, -0.2) is 35.1 Å². The van der Waals surface area contributed by atoms with Crippen LogP contribution in [0, 0.1) is 13.8 Å². The van der Waals surface area contributed by atoms with Crippen LogP contribution in [0.2, 0.25) is 0 Å². The summed E-state index contributed by atoms with van der Waals surface area (Å²) in [6.07, 6.45) is 0.689. The van der Waals surface area contributed by atoms with Gasteiger partial charge in [0.05, 0.1) is 6.54 Å². The Kier molecular flexibility index (Phi) is 5.53. The molecule has 1 aromatic rings. The molecule has 1 aliphatic heterocycles. The van der Waals surface area contributed by atoms with Gasteiger partial charge in [-0.15, -0.1) is 11.8 Å². The van der Waals surface area contributed by atoms with Crippen molar-refractivity contribution in [2.24, 2.45) is 0 Å². The summed E-state index contributed by atoms with van der Waals surface area (Å²) in [5.74, 6) is -0.112. The van der Waals surface area contributed by atoms with Gasteiger partial charge in [0.25, 0.3) is 0 Å². The molecule has 2 amide bonds. The average Bonchev–Trinajstić information content (AvgIpc) is 2.74. The van der Waals surface area contributed by atoms with Gasteiger partial charge in [-0.05, 0) is 45.9 Å². The number of carbonyl (C=O) groups excluding carboxylic acids is 2. The lowest BCUT2D eigenvalue weighted by molar-refractivity contribution is -0.139. The third-order valence-electron chi connectivity index (χ3n) is 3.96. The Morgan fingerprint density at radius 2 is 1.78 bits per heavy atom. The quantitative estimate of drug-likeness (QED) is 0.642. The van der Waals surface area contributed by atoms with Crippen LogP contribution in [0.25, 0.3) is 0 Å². The fourth-order valence-corrected chi connectivity index (χ4v) is 4.26. The minimum Gasteiger partial charge on any atom is -0.318 e. The summed E-state index contributed by atoms with van der Waals surface area (Å²) in [7, 11) is 1.95. The number of imide groups is 1. The number of hydrogen-bond donors (Lipinski definition) is 1. The summed E-state index contributed by atoms with van der Waals surface area (Å²) in [5.41, 5.74) is 3.43. The zero-order valence-electron chi connectivity index (χ0n) is 14.7. The Labute approximate surface area is 143 Å². The minimum absolute atomic E-state index is 0.0303. The number of likely N-dealkylation sites (tertiary alicyclic amines) is 1. The molecule has 1 N–H and O–H groups in total. The molecular formula is C18H26N2O2S. The Hall–Kier alpha value is -1.33. The van der Waals surface area contributed by atoms with Gasteiger partial charge in [-0.25, -0.2) is 0 Å². The van der Waals surface area contributed by atoms with Crippen molar-refractivity contribution in [3.8, 4) is 0 Å². The van der Waals surface area contributed by atoms with Gasteiger partial charge in [-0.1, -0.05) is 17.7 Å². The predicted octanol–water partition coefficient (Wildman–Crippen LogP) is 3.04. The number of thioether (sulfide) groups is 1. The summed E-state index contributed by atoms with van der Waals surface area (Å²) in [4.78, 5) is 26.5. The second-order valence-electron chi connectivity index (χ2n) is 6.84. The molecule has 126 valence electrons. The Morgan fingerprint density at radius 3 is 2.35 bits per heavy atom. The van der Waals surface area contributed by atoms with Crippen LogP contribution >= 0.6 is 11.8 Å². The molecule has 0 atom stereocenters. The maximum Gasteiger partial charge on any atom is 0.229 e. The molecule has 0 saturated carbocycles. The maximum atomic E-state index is 11.9. The number of nitrogens with zero attached hydrogens (tertiary/aromatic N) is 1. The molecule has 0 unspecified atom stereocenters. The number of benzene rings is 1. The molecule has 2 rings (SSSR count). The number of nitrogens with one attached hydrogen (secondary N) is 1. The molecule has 1 heterocycles. The van der Waals surface area contributed by atoms with Gasteiger partial charge in [0.15, 0.2) is 0 Å². The molecule has 1 fully saturated rings. The van der Waals surface area contributed by atoms with Gasteiger partial charge in [0.2, 0.25) is 11.8 Å². The smallest absolute Gasteiger partial charge is 0.229 e. The molecule has 0 aliphatic carbocycles. The summed E-state index contributed by atoms with van der Waals surface area (Å²) in [6, 6.07) is 4.26. The molecule has 0 spiro atoms. The van der Waals surface area contributed by atoms with E-state index < -0.39 is 0 Å². The van der Waals surface area contributed by atoms with Crippen LogP contribution in [0.4, 0.5) is 0 Å². The Bertz CT molecular complexity index is 610. The monoisotopic (exact) mass is 334 g/mol. The first-order chi connectivity index (χ1) is 10.7. The first-order valence-corrected chi connectivity index (χ1v) is 8.82. The summed E-state index contributed by atoms with van der Waals surface area (Å²) >= 11 is 1.81. The molecule has 4 nitrogen and oxygen atoms in total. The zero-order valence-corrected chi connectivity index (χ0v) is 15.5. The minimum atomic E-state index is -0.0559. The first-order valence-electron chi connectivity index (χ1n) is 8.00. The predicted molar refractivity (Wildman–Crippen MR) is 94.6 cm³/mol. The molecular weight excluding hydrogens is 308 g/mol. The van der Waals surface area contributed by atoms with Crippen molar-refractivity contribution in [2.75, 3.05) is 13.6 Å². The highest BCUT2D eigenvalue weighted by Gasteiger charge is 2.30. The lowest BCUT2D eigenvalue weighted by atomic mass is 10.1. The van der Waals surface area contributed by atoms with E-state index >= 15 is 0 Å². The number of aryl methyl sites for hydroxylation is 2. The highest BCUT2D eigenvalue weighted by atomic mass is 32.2. The number of carbonyl (C=O) groups is 2. The van der Waals surface area contributed by atoms with E-state index in [0.717, 1.165) is 17.7 Å². The van der Waals surface area contributed by atoms with Crippen molar-refractivity contribution in [3.05, 3.63) is 28.8 Å². The molecule has 0 aromatic heterocycles. The van der Waals surface area contributed by atoms with E-state index in [1.54, 1.807) is 11.8 Å². The van der Waals surface area contributed by atoms with E-state index in [1.807, 2.05) is 7.05 Å². The van der Waals surface area contributed by atoms with Gasteiger partial charge in [0.1, 0.15) is 0 Å². The largest absolute Gasteiger partial charge is 0.318 e. The number of hydrogen-bond acceptors (Lipinski definition) is 4. The molecule has 23 heavy (non-hydrogen) atoms. The summed E-state index contributed by atoms with van der Waals surface area (Å²) in [6.45, 7) is 9.82. The fourth-order valence-electron chi connectivity index (χ4n) is 3.01. The van der Waals surface area contributed by atoms with E-state index in [2.05, 4.69) is 45.1 Å². The summed E-state index contributed by atoms with van der Waals surface area (Å²) < 4.78 is 0.0303. The molecule has 5 heteroatoms.